The number of hydrogen-bond acceptors (Lipinski definition) is 4. The number of ketones is 1. The van der Waals surface area contributed by atoms with Crippen LogP contribution in [0.5, 0.6) is 11.5 Å². The van der Waals surface area contributed by atoms with Gasteiger partial charge >= 0.3 is 0 Å². The summed E-state index contributed by atoms with van der Waals surface area (Å²) < 4.78 is 11.2. The van der Waals surface area contributed by atoms with Crippen LogP contribution in [-0.2, 0) is 15.6 Å². The molecule has 174 valence electrons. The second kappa shape index (κ2) is 8.19. The van der Waals surface area contributed by atoms with E-state index < -0.39 is 0 Å². The van der Waals surface area contributed by atoms with Crippen LogP contribution in [0.1, 0.15) is 67.9 Å². The average molecular weight is 448 g/mol. The maximum atomic E-state index is 13.5. The summed E-state index contributed by atoms with van der Waals surface area (Å²) in [5, 5.41) is 0. The third-order valence-corrected chi connectivity index (χ3v) is 7.44. The highest BCUT2D eigenvalue weighted by Gasteiger charge is 2.53. The van der Waals surface area contributed by atoms with Gasteiger partial charge in [0.2, 0.25) is 5.91 Å². The van der Waals surface area contributed by atoms with Crippen LogP contribution in [-0.4, -0.2) is 42.9 Å². The van der Waals surface area contributed by atoms with Gasteiger partial charge in [0, 0.05) is 24.6 Å². The number of ether oxygens (including phenoxy) is 2. The van der Waals surface area contributed by atoms with E-state index in [1.165, 1.54) is 5.56 Å². The number of rotatable bonds is 4. The second-order valence-electron chi connectivity index (χ2n) is 10.7. The number of Topliss-reactive ketones (excluding diaryl/α,β-unsaturated/α-hetero) is 1. The molecule has 0 bridgehead atoms. The van der Waals surface area contributed by atoms with Crippen molar-refractivity contribution in [3.63, 3.8) is 0 Å². The second-order valence-corrected chi connectivity index (χ2v) is 10.7. The number of fused-ring (bicyclic) bond motifs is 1. The number of amides is 1. The molecule has 1 amide bonds. The Kier molecular flexibility index (Phi) is 5.46. The van der Waals surface area contributed by atoms with Crippen molar-refractivity contribution in [3.05, 3.63) is 59.2 Å². The number of nitrogens with zero attached hydrogens (tertiary/aromatic N) is 1. The van der Waals surface area contributed by atoms with Gasteiger partial charge in [0.05, 0.1) is 5.41 Å². The molecule has 5 rings (SSSR count). The highest BCUT2D eigenvalue weighted by molar-refractivity contribution is 5.99. The SMILES string of the molecule is CC(C)(C)c1ccc(C2(C(=O)N3CCC(C(=O)c4ccc5c(c4)OCCO5)CC3)CC2)cc1. The predicted molar refractivity (Wildman–Crippen MR) is 127 cm³/mol. The lowest BCUT2D eigenvalue weighted by atomic mass is 9.84. The summed E-state index contributed by atoms with van der Waals surface area (Å²) >= 11 is 0. The largest absolute Gasteiger partial charge is 0.486 e. The molecule has 2 fully saturated rings. The van der Waals surface area contributed by atoms with Gasteiger partial charge in [-0.1, -0.05) is 45.0 Å². The molecule has 0 radical (unpaired) electrons. The van der Waals surface area contributed by atoms with E-state index in [-0.39, 0.29) is 28.4 Å². The summed E-state index contributed by atoms with van der Waals surface area (Å²) in [6, 6.07) is 14.1. The zero-order valence-corrected chi connectivity index (χ0v) is 19.9. The lowest BCUT2D eigenvalue weighted by molar-refractivity contribution is -0.135. The van der Waals surface area contributed by atoms with E-state index in [0.717, 1.165) is 18.4 Å². The Balaban J connectivity index is 1.23. The average Bonchev–Trinajstić information content (AvgIpc) is 3.65. The molecule has 3 aliphatic rings. The van der Waals surface area contributed by atoms with Crippen molar-refractivity contribution in [2.24, 2.45) is 5.92 Å². The summed E-state index contributed by atoms with van der Waals surface area (Å²) in [7, 11) is 0. The molecule has 5 nitrogen and oxygen atoms in total. The Morgan fingerprint density at radius 2 is 1.55 bits per heavy atom. The molecule has 0 spiro atoms. The maximum Gasteiger partial charge on any atom is 0.233 e. The van der Waals surface area contributed by atoms with Gasteiger partial charge in [0.1, 0.15) is 13.2 Å². The van der Waals surface area contributed by atoms with E-state index in [4.69, 9.17) is 9.47 Å². The van der Waals surface area contributed by atoms with Crippen molar-refractivity contribution in [1.29, 1.82) is 0 Å². The predicted octanol–water partition coefficient (Wildman–Crippen LogP) is 4.91. The Bertz CT molecular complexity index is 1050. The first-order chi connectivity index (χ1) is 15.8. The number of likely N-dealkylation sites (tertiary alicyclic amines) is 1. The standard InChI is InChI=1S/C28H33NO4/c1-27(2,3)21-5-7-22(8-6-21)28(12-13-28)26(31)29-14-10-19(11-15-29)25(30)20-4-9-23-24(18-20)33-17-16-32-23/h4-9,18-19H,10-17H2,1-3H3. The van der Waals surface area contributed by atoms with Gasteiger partial charge in [-0.05, 0) is 60.4 Å². The molecule has 1 aliphatic carbocycles. The van der Waals surface area contributed by atoms with Gasteiger partial charge in [-0.3, -0.25) is 9.59 Å². The zero-order valence-electron chi connectivity index (χ0n) is 19.9. The van der Waals surface area contributed by atoms with Crippen molar-refractivity contribution < 1.29 is 19.1 Å². The van der Waals surface area contributed by atoms with Crippen LogP contribution < -0.4 is 9.47 Å². The van der Waals surface area contributed by atoms with Crippen molar-refractivity contribution in [3.8, 4) is 11.5 Å². The molecular weight excluding hydrogens is 414 g/mol. The lowest BCUT2D eigenvalue weighted by Crippen LogP contribution is -2.45. The third kappa shape index (κ3) is 4.14. The van der Waals surface area contributed by atoms with Gasteiger partial charge in [-0.2, -0.15) is 0 Å². The molecule has 33 heavy (non-hydrogen) atoms. The number of hydrogen-bond donors (Lipinski definition) is 0. The van der Waals surface area contributed by atoms with Crippen molar-refractivity contribution in [2.45, 2.75) is 57.3 Å². The highest BCUT2D eigenvalue weighted by atomic mass is 16.6. The van der Waals surface area contributed by atoms with Crippen molar-refractivity contribution >= 4 is 11.7 Å². The fourth-order valence-electron chi connectivity index (χ4n) is 5.12. The minimum absolute atomic E-state index is 0.0576. The van der Waals surface area contributed by atoms with E-state index in [0.29, 0.717) is 56.2 Å². The summed E-state index contributed by atoms with van der Waals surface area (Å²) in [6.07, 6.45) is 3.24. The molecule has 0 N–H and O–H groups in total. The summed E-state index contributed by atoms with van der Waals surface area (Å²) in [5.74, 6) is 1.66. The number of piperidine rings is 1. The summed E-state index contributed by atoms with van der Waals surface area (Å²) in [5.41, 5.74) is 2.83. The topological polar surface area (TPSA) is 55.8 Å². The third-order valence-electron chi connectivity index (χ3n) is 7.44. The van der Waals surface area contributed by atoms with Crippen molar-refractivity contribution in [1.82, 2.24) is 4.90 Å². The van der Waals surface area contributed by atoms with E-state index in [9.17, 15) is 9.59 Å². The fourth-order valence-corrected chi connectivity index (χ4v) is 5.12. The maximum absolute atomic E-state index is 13.5. The quantitative estimate of drug-likeness (QED) is 0.625. The van der Waals surface area contributed by atoms with Crippen LogP contribution in [0.4, 0.5) is 0 Å². The normalized spacial score (nSPS) is 19.8. The first-order valence-corrected chi connectivity index (χ1v) is 12.1. The minimum Gasteiger partial charge on any atom is -0.486 e. The van der Waals surface area contributed by atoms with Crippen LogP contribution in [0, 0.1) is 5.92 Å². The van der Waals surface area contributed by atoms with Crippen LogP contribution >= 0.6 is 0 Å². The van der Waals surface area contributed by atoms with Gasteiger partial charge in [-0.15, -0.1) is 0 Å². The molecule has 2 aromatic rings. The summed E-state index contributed by atoms with van der Waals surface area (Å²) in [4.78, 5) is 28.6. The molecular formula is C28H33NO4. The van der Waals surface area contributed by atoms with E-state index in [1.807, 2.05) is 17.0 Å². The zero-order chi connectivity index (χ0) is 23.2. The Morgan fingerprint density at radius 3 is 2.15 bits per heavy atom. The van der Waals surface area contributed by atoms with E-state index in [2.05, 4.69) is 45.0 Å². The Hall–Kier alpha value is -2.82. The van der Waals surface area contributed by atoms with Gasteiger partial charge < -0.3 is 14.4 Å². The first kappa shape index (κ1) is 22.0. The van der Waals surface area contributed by atoms with E-state index >= 15 is 0 Å². The van der Waals surface area contributed by atoms with Crippen LogP contribution in [0.25, 0.3) is 0 Å². The minimum atomic E-state index is -0.358. The highest BCUT2D eigenvalue weighted by Crippen LogP contribution is 2.50. The van der Waals surface area contributed by atoms with Crippen molar-refractivity contribution in [2.75, 3.05) is 26.3 Å². The molecule has 0 atom stereocenters. The van der Waals surface area contributed by atoms with Crippen LogP contribution in [0.3, 0.4) is 0 Å². The molecule has 1 saturated carbocycles. The molecule has 2 aliphatic heterocycles. The number of benzene rings is 2. The Morgan fingerprint density at radius 1 is 0.909 bits per heavy atom. The first-order valence-electron chi connectivity index (χ1n) is 12.1. The van der Waals surface area contributed by atoms with Crippen LogP contribution in [0.2, 0.25) is 0 Å². The smallest absolute Gasteiger partial charge is 0.233 e. The number of carbonyl (C=O) groups is 2. The fraction of sp³-hybridized carbons (Fsp3) is 0.500. The molecule has 0 unspecified atom stereocenters. The van der Waals surface area contributed by atoms with Gasteiger partial charge in [0.15, 0.2) is 17.3 Å². The van der Waals surface area contributed by atoms with Gasteiger partial charge in [-0.25, -0.2) is 0 Å². The number of carbonyl (C=O) groups excluding carboxylic acids is 2. The molecule has 2 heterocycles. The monoisotopic (exact) mass is 447 g/mol. The lowest BCUT2D eigenvalue weighted by Gasteiger charge is -2.34. The molecule has 1 saturated heterocycles. The Labute approximate surface area is 196 Å². The molecule has 0 aromatic heterocycles. The van der Waals surface area contributed by atoms with Crippen LogP contribution in [0.15, 0.2) is 42.5 Å². The molecule has 5 heteroatoms. The summed E-state index contributed by atoms with van der Waals surface area (Å²) in [6.45, 7) is 8.94. The van der Waals surface area contributed by atoms with E-state index in [1.54, 1.807) is 6.07 Å². The van der Waals surface area contributed by atoms with Gasteiger partial charge in [0.25, 0.3) is 0 Å². The molecule has 2 aromatic carbocycles.